The average molecular weight is 629 g/mol. The first-order chi connectivity index (χ1) is 24.2. The van der Waals surface area contributed by atoms with Crippen molar-refractivity contribution >= 4 is 44.7 Å². The number of rotatable bonds is 4. The van der Waals surface area contributed by atoms with Crippen molar-refractivity contribution in [2.45, 2.75) is 19.8 Å². The molecule has 0 radical (unpaired) electrons. The second-order valence-corrected chi connectivity index (χ2v) is 13.0. The molecule has 1 aliphatic carbocycles. The number of aryl methyl sites for hydroxylation is 1. The van der Waals surface area contributed by atoms with E-state index in [0.717, 1.165) is 24.0 Å². The van der Waals surface area contributed by atoms with Crippen molar-refractivity contribution in [3.63, 3.8) is 0 Å². The van der Waals surface area contributed by atoms with Gasteiger partial charge in [-0.1, -0.05) is 109 Å². The number of hydrogen-bond acceptors (Lipinski definition) is 0. The van der Waals surface area contributed by atoms with Crippen LogP contribution in [-0.4, -0.2) is 9.13 Å². The molecule has 6 aromatic carbocycles. The van der Waals surface area contributed by atoms with E-state index < -0.39 is 0 Å². The number of aromatic nitrogens is 2. The summed E-state index contributed by atoms with van der Waals surface area (Å²) in [5, 5.41) is 7.70. The van der Waals surface area contributed by atoms with Gasteiger partial charge in [0, 0.05) is 38.9 Å². The lowest BCUT2D eigenvalue weighted by Crippen LogP contribution is -2.30. The molecule has 0 unspecified atom stereocenters. The lowest BCUT2D eigenvalue weighted by Gasteiger charge is -2.13. The summed E-state index contributed by atoms with van der Waals surface area (Å²) in [5.41, 5.74) is 10.9. The van der Waals surface area contributed by atoms with Gasteiger partial charge in [0.2, 0.25) is 0 Å². The maximum absolute atomic E-state index is 2.42. The fraction of sp³-hybridized carbons (Fsp3) is 0.0638. The minimum Gasteiger partial charge on any atom is -0.317 e. The van der Waals surface area contributed by atoms with Crippen LogP contribution in [-0.2, 0) is 0 Å². The van der Waals surface area contributed by atoms with Gasteiger partial charge in [-0.05, 0) is 119 Å². The van der Waals surface area contributed by atoms with Gasteiger partial charge in [0.15, 0.2) is 0 Å². The molecule has 0 amide bonds. The Bertz CT molecular complexity index is 2710. The van der Waals surface area contributed by atoms with Crippen LogP contribution < -0.4 is 10.6 Å². The number of hydrogen-bond donors (Lipinski definition) is 0. The van der Waals surface area contributed by atoms with Crippen LogP contribution in [0, 0.1) is 6.92 Å². The molecule has 8 aromatic rings. The highest BCUT2D eigenvalue weighted by Crippen LogP contribution is 2.31. The Kier molecular flexibility index (Phi) is 7.21. The molecular formula is C47H36N2. The second kappa shape index (κ2) is 12.2. The minimum atomic E-state index is 1.07. The molecule has 49 heavy (non-hydrogen) atoms. The fourth-order valence-corrected chi connectivity index (χ4v) is 7.45. The van der Waals surface area contributed by atoms with Crippen molar-refractivity contribution in [2.24, 2.45) is 0 Å². The van der Waals surface area contributed by atoms with Gasteiger partial charge < -0.3 is 9.13 Å². The van der Waals surface area contributed by atoms with Crippen LogP contribution in [0.4, 0.5) is 0 Å². The van der Waals surface area contributed by atoms with Gasteiger partial charge in [0.25, 0.3) is 0 Å². The molecule has 0 fully saturated rings. The summed E-state index contributed by atoms with van der Waals surface area (Å²) in [6.45, 7) is 2.21. The number of fused-ring (bicyclic) bond motifs is 5. The molecule has 2 heterocycles. The standard InChI is InChI=1S/C47H36N2/c1-33-12-4-3-11-29-48(40-25-21-35(22-26-40)37-20-19-34-13-7-8-14-36(34)30-37)45-27-23-38(31-43(33)45)39-24-28-47-44(32-39)42-17-9-10-18-46(42)49(47)41-15-5-2-6-16-41/h2-8,11-32H,9-10H2,1H3. The zero-order chi connectivity index (χ0) is 32.7. The van der Waals surface area contributed by atoms with Crippen LogP contribution in [0.3, 0.4) is 0 Å². The third kappa shape index (κ3) is 5.23. The number of para-hydroxylation sites is 1. The molecule has 0 N–H and O–H groups in total. The Labute approximate surface area is 286 Å². The molecule has 234 valence electrons. The minimum absolute atomic E-state index is 1.07. The monoisotopic (exact) mass is 628 g/mol. The first-order valence-electron chi connectivity index (χ1n) is 17.2. The highest BCUT2D eigenvalue weighted by atomic mass is 15.0. The van der Waals surface area contributed by atoms with Crippen molar-refractivity contribution in [2.75, 3.05) is 0 Å². The summed E-state index contributed by atoms with van der Waals surface area (Å²) < 4.78 is 4.73. The van der Waals surface area contributed by atoms with E-state index in [2.05, 4.69) is 192 Å². The summed E-state index contributed by atoms with van der Waals surface area (Å²) in [5.74, 6) is 0. The van der Waals surface area contributed by atoms with E-state index in [9.17, 15) is 0 Å². The zero-order valence-electron chi connectivity index (χ0n) is 27.6. The first kappa shape index (κ1) is 29.1. The predicted octanol–water partition coefficient (Wildman–Crippen LogP) is 10.8. The Morgan fingerprint density at radius 1 is 0.449 bits per heavy atom. The van der Waals surface area contributed by atoms with Crippen molar-refractivity contribution < 1.29 is 0 Å². The Hall–Kier alpha value is -6.12. The molecule has 0 atom stereocenters. The SMILES string of the molecule is Cc1cccccn(-c2ccc(-c3ccc4ccccc4c3)cc2)c2ccc(-c3ccc4c(c3)c3c(n4-c4ccccc4)=CCCC=3)cc12. The zero-order valence-corrected chi connectivity index (χ0v) is 27.6. The van der Waals surface area contributed by atoms with Crippen molar-refractivity contribution in [3.05, 3.63) is 180 Å². The smallest absolute Gasteiger partial charge is 0.0541 e. The normalized spacial score (nSPS) is 12.3. The molecule has 1 aliphatic rings. The summed E-state index contributed by atoms with van der Waals surface area (Å²) in [4.78, 5) is 0. The second-order valence-electron chi connectivity index (χ2n) is 13.0. The maximum Gasteiger partial charge on any atom is 0.0541 e. The topological polar surface area (TPSA) is 9.86 Å². The summed E-state index contributed by atoms with van der Waals surface area (Å²) in [6, 6.07) is 57.4. The van der Waals surface area contributed by atoms with E-state index in [1.807, 2.05) is 0 Å². The van der Waals surface area contributed by atoms with Gasteiger partial charge in [0.1, 0.15) is 0 Å². The van der Waals surface area contributed by atoms with E-state index >= 15 is 0 Å². The van der Waals surface area contributed by atoms with Crippen molar-refractivity contribution in [3.8, 4) is 33.6 Å². The number of nitrogens with zero attached hydrogens (tertiary/aromatic N) is 2. The Morgan fingerprint density at radius 2 is 1.08 bits per heavy atom. The summed E-state index contributed by atoms with van der Waals surface area (Å²) in [7, 11) is 0. The third-order valence-electron chi connectivity index (χ3n) is 9.96. The molecule has 0 bridgehead atoms. The highest BCUT2D eigenvalue weighted by molar-refractivity contribution is 5.92. The van der Waals surface area contributed by atoms with Gasteiger partial charge in [-0.25, -0.2) is 0 Å². The molecule has 0 saturated heterocycles. The van der Waals surface area contributed by atoms with Crippen LogP contribution in [0.1, 0.15) is 18.4 Å². The highest BCUT2D eigenvalue weighted by Gasteiger charge is 2.13. The molecule has 0 spiro atoms. The molecule has 2 heteroatoms. The van der Waals surface area contributed by atoms with E-state index in [-0.39, 0.29) is 0 Å². The molecular weight excluding hydrogens is 593 g/mol. The lowest BCUT2D eigenvalue weighted by atomic mass is 9.99. The van der Waals surface area contributed by atoms with Crippen LogP contribution in [0.2, 0.25) is 0 Å². The quantitative estimate of drug-likeness (QED) is 0.184. The molecule has 2 nitrogen and oxygen atoms in total. The third-order valence-corrected chi connectivity index (χ3v) is 9.96. The Morgan fingerprint density at radius 3 is 1.92 bits per heavy atom. The van der Waals surface area contributed by atoms with Gasteiger partial charge in [-0.2, -0.15) is 0 Å². The van der Waals surface area contributed by atoms with Crippen LogP contribution in [0.5, 0.6) is 0 Å². The summed E-state index contributed by atoms with van der Waals surface area (Å²) in [6.07, 6.45) is 9.14. The van der Waals surface area contributed by atoms with Crippen molar-refractivity contribution in [1.82, 2.24) is 9.13 Å². The van der Waals surface area contributed by atoms with E-state index in [0.29, 0.717) is 0 Å². The lowest BCUT2D eigenvalue weighted by molar-refractivity contribution is 1.02. The van der Waals surface area contributed by atoms with E-state index in [1.54, 1.807) is 0 Å². The van der Waals surface area contributed by atoms with E-state index in [4.69, 9.17) is 0 Å². The van der Waals surface area contributed by atoms with Crippen LogP contribution in [0.15, 0.2) is 164 Å². The predicted molar refractivity (Wildman–Crippen MR) is 208 cm³/mol. The Balaban J connectivity index is 1.17. The van der Waals surface area contributed by atoms with Gasteiger partial charge in [-0.15, -0.1) is 0 Å². The van der Waals surface area contributed by atoms with Crippen LogP contribution >= 0.6 is 0 Å². The number of benzene rings is 6. The molecule has 0 saturated carbocycles. The van der Waals surface area contributed by atoms with Crippen molar-refractivity contribution in [1.29, 1.82) is 0 Å². The molecule has 0 aliphatic heterocycles. The van der Waals surface area contributed by atoms with Gasteiger partial charge >= 0.3 is 0 Å². The van der Waals surface area contributed by atoms with E-state index in [1.165, 1.54) is 71.1 Å². The molecule has 9 rings (SSSR count). The molecule has 2 aromatic heterocycles. The maximum atomic E-state index is 2.42. The van der Waals surface area contributed by atoms with Gasteiger partial charge in [0.05, 0.1) is 11.0 Å². The van der Waals surface area contributed by atoms with Crippen LogP contribution in [0.25, 0.3) is 78.4 Å². The summed E-state index contributed by atoms with van der Waals surface area (Å²) >= 11 is 0. The average Bonchev–Trinajstić information content (AvgIpc) is 3.53. The van der Waals surface area contributed by atoms with Gasteiger partial charge in [-0.3, -0.25) is 0 Å². The largest absolute Gasteiger partial charge is 0.317 e. The first-order valence-corrected chi connectivity index (χ1v) is 17.2. The fourth-order valence-electron chi connectivity index (χ4n) is 7.45.